The van der Waals surface area contributed by atoms with E-state index in [1.165, 1.54) is 17.3 Å². The number of amides is 1. The van der Waals surface area contributed by atoms with Gasteiger partial charge in [-0.1, -0.05) is 17.8 Å². The number of nitrogens with zero attached hydrogens (tertiary/aromatic N) is 4. The summed E-state index contributed by atoms with van der Waals surface area (Å²) < 4.78 is 1.92. The number of aryl methyl sites for hydroxylation is 2. The molecule has 0 spiro atoms. The molecule has 1 aromatic heterocycles. The Morgan fingerprint density at radius 2 is 1.79 bits per heavy atom. The van der Waals surface area contributed by atoms with Gasteiger partial charge in [-0.05, 0) is 61.4 Å². The van der Waals surface area contributed by atoms with E-state index in [-0.39, 0.29) is 11.7 Å². The first kappa shape index (κ1) is 19.9. The summed E-state index contributed by atoms with van der Waals surface area (Å²) >= 11 is 1.37. The summed E-state index contributed by atoms with van der Waals surface area (Å²) in [6.45, 7) is 4.09. The molecule has 0 saturated carbocycles. The van der Waals surface area contributed by atoms with Gasteiger partial charge in [-0.3, -0.25) is 4.79 Å². The van der Waals surface area contributed by atoms with Crippen molar-refractivity contribution >= 4 is 29.0 Å². The summed E-state index contributed by atoms with van der Waals surface area (Å²) in [5, 5.41) is 12.2. The van der Waals surface area contributed by atoms with Crippen LogP contribution in [0.15, 0.2) is 47.6 Å². The molecule has 3 rings (SSSR count). The molecule has 1 N–H and O–H groups in total. The first-order chi connectivity index (χ1) is 13.3. The van der Waals surface area contributed by atoms with Gasteiger partial charge in [0.15, 0.2) is 11.0 Å². The number of anilines is 2. The van der Waals surface area contributed by atoms with Crippen LogP contribution < -0.4 is 10.2 Å². The van der Waals surface area contributed by atoms with Gasteiger partial charge in [-0.25, -0.2) is 0 Å². The quantitative estimate of drug-likeness (QED) is 0.642. The number of hydrogen-bond donors (Lipinski definition) is 1. The summed E-state index contributed by atoms with van der Waals surface area (Å²) in [4.78, 5) is 14.3. The molecule has 3 aromatic rings. The third-order valence-electron chi connectivity index (χ3n) is 4.60. The molecule has 0 fully saturated rings. The topological polar surface area (TPSA) is 63.1 Å². The molecule has 6 nitrogen and oxygen atoms in total. The highest BCUT2D eigenvalue weighted by molar-refractivity contribution is 7.99. The normalized spacial score (nSPS) is 10.8. The Bertz CT molecular complexity index is 979. The maximum Gasteiger partial charge on any atom is 0.234 e. The number of carbonyl (C=O) groups is 1. The monoisotopic (exact) mass is 395 g/mol. The summed E-state index contributed by atoms with van der Waals surface area (Å²) in [5.41, 5.74) is 5.30. The van der Waals surface area contributed by atoms with E-state index in [0.29, 0.717) is 5.16 Å². The lowest BCUT2D eigenvalue weighted by atomic mass is 10.1. The van der Waals surface area contributed by atoms with Crippen LogP contribution in [-0.2, 0) is 11.8 Å². The Balaban J connectivity index is 1.63. The molecular weight excluding hydrogens is 370 g/mol. The lowest BCUT2D eigenvalue weighted by Crippen LogP contribution is -2.14. The van der Waals surface area contributed by atoms with Crippen LogP contribution in [0.3, 0.4) is 0 Å². The highest BCUT2D eigenvalue weighted by Gasteiger charge is 2.13. The number of benzene rings is 2. The minimum atomic E-state index is -0.0619. The van der Waals surface area contributed by atoms with Crippen molar-refractivity contribution in [2.75, 3.05) is 30.1 Å². The Morgan fingerprint density at radius 1 is 1.07 bits per heavy atom. The summed E-state index contributed by atoms with van der Waals surface area (Å²) in [6, 6.07) is 14.1. The van der Waals surface area contributed by atoms with Crippen LogP contribution in [0.4, 0.5) is 11.4 Å². The second-order valence-electron chi connectivity index (χ2n) is 6.94. The van der Waals surface area contributed by atoms with Gasteiger partial charge in [-0.2, -0.15) is 0 Å². The largest absolute Gasteiger partial charge is 0.378 e. The fraction of sp³-hybridized carbons (Fsp3) is 0.286. The van der Waals surface area contributed by atoms with E-state index in [1.54, 1.807) is 0 Å². The van der Waals surface area contributed by atoms with E-state index in [2.05, 4.69) is 27.3 Å². The van der Waals surface area contributed by atoms with E-state index in [0.717, 1.165) is 28.3 Å². The lowest BCUT2D eigenvalue weighted by Gasteiger charge is -2.12. The van der Waals surface area contributed by atoms with Gasteiger partial charge < -0.3 is 14.8 Å². The number of thioether (sulfide) groups is 1. The van der Waals surface area contributed by atoms with Crippen molar-refractivity contribution in [3.05, 3.63) is 53.6 Å². The standard InChI is InChI=1S/C21H25N5OS/c1-14-6-9-17(12-15(14)2)22-19(27)13-28-21-24-23-20(26(21)5)16-7-10-18(11-8-16)25(3)4/h6-12H,13H2,1-5H3,(H,22,27). The van der Waals surface area contributed by atoms with Gasteiger partial charge in [0.05, 0.1) is 5.75 Å². The van der Waals surface area contributed by atoms with Crippen molar-refractivity contribution < 1.29 is 4.79 Å². The third-order valence-corrected chi connectivity index (χ3v) is 5.62. The second kappa shape index (κ2) is 8.48. The third kappa shape index (κ3) is 4.54. The fourth-order valence-corrected chi connectivity index (χ4v) is 3.46. The van der Waals surface area contributed by atoms with Crippen LogP contribution in [0.25, 0.3) is 11.4 Å². The zero-order valence-electron chi connectivity index (χ0n) is 16.9. The molecule has 2 aromatic carbocycles. The van der Waals surface area contributed by atoms with Crippen molar-refractivity contribution in [3.63, 3.8) is 0 Å². The molecule has 7 heteroatoms. The molecule has 1 amide bonds. The van der Waals surface area contributed by atoms with Crippen molar-refractivity contribution in [2.24, 2.45) is 7.05 Å². The molecule has 0 atom stereocenters. The number of hydrogen-bond acceptors (Lipinski definition) is 5. The average Bonchev–Trinajstić information content (AvgIpc) is 3.03. The molecule has 0 bridgehead atoms. The Morgan fingerprint density at radius 3 is 2.43 bits per heavy atom. The maximum absolute atomic E-state index is 12.3. The molecule has 0 aliphatic heterocycles. The molecule has 146 valence electrons. The van der Waals surface area contributed by atoms with Crippen LogP contribution in [-0.4, -0.2) is 40.5 Å². The average molecular weight is 396 g/mol. The first-order valence-electron chi connectivity index (χ1n) is 9.02. The van der Waals surface area contributed by atoms with Gasteiger partial charge in [0.25, 0.3) is 0 Å². The maximum atomic E-state index is 12.3. The Kier molecular flexibility index (Phi) is 6.04. The van der Waals surface area contributed by atoms with E-state index in [9.17, 15) is 4.79 Å². The second-order valence-corrected chi connectivity index (χ2v) is 7.88. The summed E-state index contributed by atoms with van der Waals surface area (Å²) in [5.74, 6) is 0.994. The molecule has 0 aliphatic carbocycles. The van der Waals surface area contributed by atoms with Crippen LogP contribution in [0.5, 0.6) is 0 Å². The van der Waals surface area contributed by atoms with Crippen molar-refractivity contribution in [1.82, 2.24) is 14.8 Å². The van der Waals surface area contributed by atoms with Gasteiger partial charge in [0.1, 0.15) is 0 Å². The molecule has 0 unspecified atom stereocenters. The van der Waals surface area contributed by atoms with Crippen molar-refractivity contribution in [3.8, 4) is 11.4 Å². The van der Waals surface area contributed by atoms with E-state index in [1.807, 2.05) is 75.1 Å². The molecule has 0 aliphatic rings. The number of rotatable bonds is 6. The highest BCUT2D eigenvalue weighted by atomic mass is 32.2. The molecule has 1 heterocycles. The minimum absolute atomic E-state index is 0.0619. The van der Waals surface area contributed by atoms with Gasteiger partial charge in [0, 0.05) is 38.1 Å². The minimum Gasteiger partial charge on any atom is -0.378 e. The van der Waals surface area contributed by atoms with Gasteiger partial charge in [0.2, 0.25) is 5.91 Å². The first-order valence-corrected chi connectivity index (χ1v) is 10.0. The SMILES string of the molecule is Cc1ccc(NC(=O)CSc2nnc(-c3ccc(N(C)C)cc3)n2C)cc1C. The van der Waals surface area contributed by atoms with Crippen LogP contribution in [0.2, 0.25) is 0 Å². The molecular formula is C21H25N5OS. The van der Waals surface area contributed by atoms with E-state index < -0.39 is 0 Å². The smallest absolute Gasteiger partial charge is 0.234 e. The van der Waals surface area contributed by atoms with Crippen LogP contribution >= 0.6 is 11.8 Å². The zero-order chi connectivity index (χ0) is 20.3. The zero-order valence-corrected chi connectivity index (χ0v) is 17.7. The number of aromatic nitrogens is 3. The van der Waals surface area contributed by atoms with Gasteiger partial charge in [-0.15, -0.1) is 10.2 Å². The fourth-order valence-electron chi connectivity index (χ4n) is 2.75. The lowest BCUT2D eigenvalue weighted by molar-refractivity contribution is -0.113. The van der Waals surface area contributed by atoms with E-state index >= 15 is 0 Å². The predicted octanol–water partition coefficient (Wildman–Crippen LogP) is 3.90. The molecule has 28 heavy (non-hydrogen) atoms. The van der Waals surface area contributed by atoms with Crippen molar-refractivity contribution in [2.45, 2.75) is 19.0 Å². The van der Waals surface area contributed by atoms with E-state index in [4.69, 9.17) is 0 Å². The Labute approximate surface area is 170 Å². The molecule has 0 saturated heterocycles. The van der Waals surface area contributed by atoms with Crippen molar-refractivity contribution in [1.29, 1.82) is 0 Å². The highest BCUT2D eigenvalue weighted by Crippen LogP contribution is 2.24. The Hall–Kier alpha value is -2.80. The van der Waals surface area contributed by atoms with Crippen LogP contribution in [0, 0.1) is 13.8 Å². The number of nitrogens with one attached hydrogen (secondary N) is 1. The summed E-state index contributed by atoms with van der Waals surface area (Å²) in [6.07, 6.45) is 0. The van der Waals surface area contributed by atoms with Gasteiger partial charge >= 0.3 is 0 Å². The van der Waals surface area contributed by atoms with Crippen LogP contribution in [0.1, 0.15) is 11.1 Å². The summed E-state index contributed by atoms with van der Waals surface area (Å²) in [7, 11) is 5.93. The predicted molar refractivity (Wildman–Crippen MR) is 116 cm³/mol. The molecule has 0 radical (unpaired) electrons. The number of carbonyl (C=O) groups excluding carboxylic acids is 1.